The molecule has 0 aliphatic rings. The van der Waals surface area contributed by atoms with Crippen LogP contribution in [0.25, 0.3) is 0 Å². The van der Waals surface area contributed by atoms with Crippen molar-refractivity contribution in [3.63, 3.8) is 0 Å². The topological polar surface area (TPSA) is 72.2 Å². The molecule has 0 radical (unpaired) electrons. The van der Waals surface area contributed by atoms with Gasteiger partial charge in [-0.3, -0.25) is 14.9 Å². The molecular formula is C14H12N2O3. The number of nitrogens with zero attached hydrogens (tertiary/aromatic N) is 1. The van der Waals surface area contributed by atoms with Crippen molar-refractivity contribution in [1.82, 2.24) is 0 Å². The Hall–Kier alpha value is -2.69. The SMILES string of the molecule is O=C(Cc1ccccc1)Nc1ccc([N+](=O)[O-])cc1. The summed E-state index contributed by atoms with van der Waals surface area (Å²) >= 11 is 0. The summed E-state index contributed by atoms with van der Waals surface area (Å²) in [4.78, 5) is 21.8. The predicted octanol–water partition coefficient (Wildman–Crippen LogP) is 2.78. The lowest BCUT2D eigenvalue weighted by Crippen LogP contribution is -2.14. The van der Waals surface area contributed by atoms with Crippen molar-refractivity contribution in [2.75, 3.05) is 5.32 Å². The first-order valence-corrected chi connectivity index (χ1v) is 5.73. The zero-order chi connectivity index (χ0) is 13.7. The van der Waals surface area contributed by atoms with Crippen molar-refractivity contribution < 1.29 is 9.72 Å². The Morgan fingerprint density at radius 2 is 1.68 bits per heavy atom. The summed E-state index contributed by atoms with van der Waals surface area (Å²) in [6, 6.07) is 15.1. The van der Waals surface area contributed by atoms with Crippen LogP contribution in [0.2, 0.25) is 0 Å². The van der Waals surface area contributed by atoms with E-state index >= 15 is 0 Å². The molecule has 0 spiro atoms. The molecule has 0 aromatic heterocycles. The van der Waals surface area contributed by atoms with Crippen LogP contribution in [-0.2, 0) is 11.2 Å². The Bertz CT molecular complexity index is 579. The molecule has 0 fully saturated rings. The molecule has 2 aromatic rings. The molecule has 96 valence electrons. The van der Waals surface area contributed by atoms with Gasteiger partial charge in [-0.25, -0.2) is 0 Å². The van der Waals surface area contributed by atoms with E-state index in [0.29, 0.717) is 5.69 Å². The molecule has 1 N–H and O–H groups in total. The van der Waals surface area contributed by atoms with Crippen LogP contribution < -0.4 is 5.32 Å². The second kappa shape index (κ2) is 5.77. The Morgan fingerprint density at radius 3 is 2.26 bits per heavy atom. The van der Waals surface area contributed by atoms with Gasteiger partial charge in [0.25, 0.3) is 5.69 Å². The largest absolute Gasteiger partial charge is 0.326 e. The van der Waals surface area contributed by atoms with Gasteiger partial charge in [0.05, 0.1) is 11.3 Å². The summed E-state index contributed by atoms with van der Waals surface area (Å²) in [6.45, 7) is 0. The number of amides is 1. The van der Waals surface area contributed by atoms with Crippen LogP contribution in [-0.4, -0.2) is 10.8 Å². The maximum atomic E-state index is 11.8. The molecule has 5 nitrogen and oxygen atoms in total. The van der Waals surface area contributed by atoms with E-state index in [1.807, 2.05) is 30.3 Å². The molecular weight excluding hydrogens is 244 g/mol. The van der Waals surface area contributed by atoms with Gasteiger partial charge in [-0.05, 0) is 17.7 Å². The molecule has 0 saturated carbocycles. The Labute approximate surface area is 110 Å². The molecule has 0 aliphatic heterocycles. The third-order valence-corrected chi connectivity index (χ3v) is 2.57. The molecule has 0 aliphatic carbocycles. The Morgan fingerprint density at radius 1 is 1.05 bits per heavy atom. The summed E-state index contributed by atoms with van der Waals surface area (Å²) in [5.41, 5.74) is 1.47. The summed E-state index contributed by atoms with van der Waals surface area (Å²) in [5, 5.41) is 13.2. The van der Waals surface area contributed by atoms with Crippen LogP contribution >= 0.6 is 0 Å². The smallest absolute Gasteiger partial charge is 0.269 e. The highest BCUT2D eigenvalue weighted by Crippen LogP contribution is 2.15. The Kier molecular flexibility index (Phi) is 3.87. The average Bonchev–Trinajstić information content (AvgIpc) is 2.40. The predicted molar refractivity (Wildman–Crippen MR) is 71.9 cm³/mol. The van der Waals surface area contributed by atoms with E-state index in [1.54, 1.807) is 0 Å². The second-order valence-electron chi connectivity index (χ2n) is 4.01. The molecule has 0 saturated heterocycles. The van der Waals surface area contributed by atoms with Crippen LogP contribution in [0.1, 0.15) is 5.56 Å². The zero-order valence-corrected chi connectivity index (χ0v) is 10.1. The van der Waals surface area contributed by atoms with Gasteiger partial charge in [0.15, 0.2) is 0 Å². The summed E-state index contributed by atoms with van der Waals surface area (Å²) in [6.07, 6.45) is 0.276. The third-order valence-electron chi connectivity index (χ3n) is 2.57. The van der Waals surface area contributed by atoms with Gasteiger partial charge in [-0.15, -0.1) is 0 Å². The third kappa shape index (κ3) is 3.64. The van der Waals surface area contributed by atoms with Crippen LogP contribution in [0.5, 0.6) is 0 Å². The number of non-ortho nitro benzene ring substituents is 1. The fourth-order valence-corrected chi connectivity index (χ4v) is 1.65. The first-order chi connectivity index (χ1) is 9.15. The second-order valence-corrected chi connectivity index (χ2v) is 4.01. The van der Waals surface area contributed by atoms with Crippen LogP contribution in [0.4, 0.5) is 11.4 Å². The van der Waals surface area contributed by atoms with Gasteiger partial charge in [0, 0.05) is 17.8 Å². The summed E-state index contributed by atoms with van der Waals surface area (Å²) in [5.74, 6) is -0.153. The van der Waals surface area contributed by atoms with Gasteiger partial charge < -0.3 is 5.32 Å². The number of hydrogen-bond donors (Lipinski definition) is 1. The lowest BCUT2D eigenvalue weighted by atomic mass is 10.1. The van der Waals surface area contributed by atoms with Crippen LogP contribution in [0.3, 0.4) is 0 Å². The van der Waals surface area contributed by atoms with E-state index in [-0.39, 0.29) is 18.0 Å². The van der Waals surface area contributed by atoms with Gasteiger partial charge in [-0.2, -0.15) is 0 Å². The fraction of sp³-hybridized carbons (Fsp3) is 0.0714. The maximum absolute atomic E-state index is 11.8. The molecule has 5 heteroatoms. The minimum Gasteiger partial charge on any atom is -0.326 e. The molecule has 2 aromatic carbocycles. The number of anilines is 1. The highest BCUT2D eigenvalue weighted by molar-refractivity contribution is 5.92. The van der Waals surface area contributed by atoms with Gasteiger partial charge in [-0.1, -0.05) is 30.3 Å². The summed E-state index contributed by atoms with van der Waals surface area (Å²) in [7, 11) is 0. The molecule has 0 bridgehead atoms. The van der Waals surface area contributed by atoms with E-state index in [1.165, 1.54) is 24.3 Å². The number of carbonyl (C=O) groups is 1. The number of nitro benzene ring substituents is 1. The van der Waals surface area contributed by atoms with Crippen molar-refractivity contribution in [3.05, 3.63) is 70.3 Å². The standard InChI is InChI=1S/C14H12N2O3/c17-14(10-11-4-2-1-3-5-11)15-12-6-8-13(9-7-12)16(18)19/h1-9H,10H2,(H,15,17). The molecule has 1 amide bonds. The molecule has 2 rings (SSSR count). The van der Waals surface area contributed by atoms with Gasteiger partial charge >= 0.3 is 0 Å². The minimum absolute atomic E-state index is 0.000980. The first kappa shape index (κ1) is 12.8. The lowest BCUT2D eigenvalue weighted by Gasteiger charge is -2.04. The van der Waals surface area contributed by atoms with Crippen molar-refractivity contribution in [1.29, 1.82) is 0 Å². The summed E-state index contributed by atoms with van der Waals surface area (Å²) < 4.78 is 0. The van der Waals surface area contributed by atoms with Gasteiger partial charge in [0.1, 0.15) is 0 Å². The normalized spacial score (nSPS) is 9.89. The zero-order valence-electron chi connectivity index (χ0n) is 10.1. The van der Waals surface area contributed by atoms with Gasteiger partial charge in [0.2, 0.25) is 5.91 Å². The highest BCUT2D eigenvalue weighted by Gasteiger charge is 2.06. The van der Waals surface area contributed by atoms with Crippen molar-refractivity contribution in [3.8, 4) is 0 Å². The van der Waals surface area contributed by atoms with E-state index in [2.05, 4.69) is 5.32 Å². The number of nitrogens with one attached hydrogen (secondary N) is 1. The fourth-order valence-electron chi connectivity index (χ4n) is 1.65. The average molecular weight is 256 g/mol. The molecule has 0 heterocycles. The first-order valence-electron chi connectivity index (χ1n) is 5.73. The van der Waals surface area contributed by atoms with Crippen LogP contribution in [0.15, 0.2) is 54.6 Å². The molecule has 19 heavy (non-hydrogen) atoms. The quantitative estimate of drug-likeness (QED) is 0.675. The van der Waals surface area contributed by atoms with E-state index in [0.717, 1.165) is 5.56 Å². The monoisotopic (exact) mass is 256 g/mol. The number of hydrogen-bond acceptors (Lipinski definition) is 3. The van der Waals surface area contributed by atoms with Crippen molar-refractivity contribution >= 4 is 17.3 Å². The van der Waals surface area contributed by atoms with Crippen molar-refractivity contribution in [2.24, 2.45) is 0 Å². The minimum atomic E-state index is -0.477. The number of rotatable bonds is 4. The maximum Gasteiger partial charge on any atom is 0.269 e. The molecule has 0 unspecified atom stereocenters. The van der Waals surface area contributed by atoms with Crippen molar-refractivity contribution in [2.45, 2.75) is 6.42 Å². The number of carbonyl (C=O) groups excluding carboxylic acids is 1. The van der Waals surface area contributed by atoms with E-state index < -0.39 is 4.92 Å². The van der Waals surface area contributed by atoms with E-state index in [9.17, 15) is 14.9 Å². The highest BCUT2D eigenvalue weighted by atomic mass is 16.6. The Balaban J connectivity index is 1.97. The van der Waals surface area contributed by atoms with E-state index in [4.69, 9.17) is 0 Å². The number of nitro groups is 1. The number of benzene rings is 2. The molecule has 0 atom stereocenters. The van der Waals surface area contributed by atoms with Crippen LogP contribution in [0, 0.1) is 10.1 Å². The lowest BCUT2D eigenvalue weighted by molar-refractivity contribution is -0.384.